The lowest BCUT2D eigenvalue weighted by molar-refractivity contribution is 0.497. The van der Waals surface area contributed by atoms with Crippen LogP contribution in [0.5, 0.6) is 0 Å². The summed E-state index contributed by atoms with van der Waals surface area (Å²) in [6.07, 6.45) is 6.05. The van der Waals surface area contributed by atoms with Gasteiger partial charge in [0.1, 0.15) is 5.82 Å². The molecule has 0 amide bonds. The minimum Gasteiger partial charge on any atom is -0.369 e. The van der Waals surface area contributed by atoms with E-state index in [2.05, 4.69) is 16.2 Å². The van der Waals surface area contributed by atoms with Gasteiger partial charge in [0.25, 0.3) is 0 Å². The van der Waals surface area contributed by atoms with Crippen molar-refractivity contribution in [3.05, 3.63) is 47.0 Å². The molecule has 0 saturated carbocycles. The highest BCUT2D eigenvalue weighted by Crippen LogP contribution is 2.31. The highest BCUT2D eigenvalue weighted by molar-refractivity contribution is 6.30. The van der Waals surface area contributed by atoms with Crippen LogP contribution in [0.25, 0.3) is 0 Å². The van der Waals surface area contributed by atoms with E-state index in [1.54, 1.807) is 12.1 Å². The number of anilines is 1. The van der Waals surface area contributed by atoms with E-state index in [1.807, 2.05) is 17.9 Å². The third-order valence-electron chi connectivity index (χ3n) is 3.94. The number of piperidine rings is 1. The van der Waals surface area contributed by atoms with E-state index >= 15 is 0 Å². The first kappa shape index (κ1) is 13.4. The highest BCUT2D eigenvalue weighted by Gasteiger charge is 2.23. The number of nitrogens with zero attached hydrogens (tertiary/aromatic N) is 3. The van der Waals surface area contributed by atoms with Crippen LogP contribution in [0.15, 0.2) is 30.6 Å². The summed E-state index contributed by atoms with van der Waals surface area (Å²) in [6.45, 7) is 1.72. The fraction of sp³-hybridized carbons (Fsp3) is 0.400. The van der Waals surface area contributed by atoms with Gasteiger partial charge in [-0.05, 0) is 42.5 Å². The molecule has 106 valence electrons. The molecule has 20 heavy (non-hydrogen) atoms. The first-order valence-corrected chi connectivity index (χ1v) is 7.20. The Morgan fingerprint density at radius 2 is 2.05 bits per heavy atom. The van der Waals surface area contributed by atoms with E-state index in [0.29, 0.717) is 16.6 Å². The van der Waals surface area contributed by atoms with Crippen molar-refractivity contribution in [2.24, 2.45) is 7.05 Å². The first-order chi connectivity index (χ1) is 9.63. The Bertz CT molecular complexity index is 603. The summed E-state index contributed by atoms with van der Waals surface area (Å²) in [7, 11) is 1.93. The van der Waals surface area contributed by atoms with E-state index in [9.17, 15) is 4.39 Å². The predicted molar refractivity (Wildman–Crippen MR) is 78.8 cm³/mol. The first-order valence-electron chi connectivity index (χ1n) is 6.82. The number of benzene rings is 1. The monoisotopic (exact) mass is 293 g/mol. The molecule has 2 heterocycles. The van der Waals surface area contributed by atoms with Crippen molar-refractivity contribution in [2.45, 2.75) is 18.8 Å². The van der Waals surface area contributed by atoms with E-state index in [1.165, 1.54) is 11.6 Å². The van der Waals surface area contributed by atoms with Crippen LogP contribution in [-0.4, -0.2) is 22.9 Å². The molecule has 0 N–H and O–H groups in total. The van der Waals surface area contributed by atoms with Gasteiger partial charge in [-0.3, -0.25) is 4.68 Å². The lowest BCUT2D eigenvalue weighted by Crippen LogP contribution is -2.33. The molecular formula is C15H17ClFN3. The number of rotatable bonds is 2. The lowest BCUT2D eigenvalue weighted by atomic mass is 9.91. The second-order valence-electron chi connectivity index (χ2n) is 5.30. The summed E-state index contributed by atoms with van der Waals surface area (Å²) in [5.41, 5.74) is 1.93. The Kier molecular flexibility index (Phi) is 3.66. The maximum atomic E-state index is 13.9. The van der Waals surface area contributed by atoms with Gasteiger partial charge >= 0.3 is 0 Å². The van der Waals surface area contributed by atoms with Gasteiger partial charge in [-0.15, -0.1) is 0 Å². The SMILES string of the molecule is Cn1cc(C2CCN(c3ccc(Cl)cc3F)CC2)cn1. The predicted octanol–water partition coefficient (Wildman–Crippen LogP) is 3.60. The number of halogens is 2. The second-order valence-corrected chi connectivity index (χ2v) is 5.74. The van der Waals surface area contributed by atoms with Crippen molar-refractivity contribution >= 4 is 17.3 Å². The van der Waals surface area contributed by atoms with E-state index in [4.69, 9.17) is 11.6 Å². The summed E-state index contributed by atoms with van der Waals surface area (Å²) in [5, 5.41) is 4.66. The lowest BCUT2D eigenvalue weighted by Gasteiger charge is -2.33. The van der Waals surface area contributed by atoms with Crippen LogP contribution in [0.4, 0.5) is 10.1 Å². The van der Waals surface area contributed by atoms with Crippen molar-refractivity contribution in [3.8, 4) is 0 Å². The molecular weight excluding hydrogens is 277 g/mol. The Labute approximate surface area is 123 Å². The maximum Gasteiger partial charge on any atom is 0.147 e. The van der Waals surface area contributed by atoms with Crippen molar-refractivity contribution in [2.75, 3.05) is 18.0 Å². The molecule has 0 spiro atoms. The Hall–Kier alpha value is -1.55. The molecule has 0 bridgehead atoms. The standard InChI is InChI=1S/C15H17ClFN3/c1-19-10-12(9-18-19)11-4-6-20(7-5-11)15-3-2-13(16)8-14(15)17/h2-3,8-11H,4-7H2,1H3. The minimum absolute atomic E-state index is 0.239. The van der Waals surface area contributed by atoms with Gasteiger partial charge in [-0.1, -0.05) is 11.6 Å². The molecule has 3 rings (SSSR count). The van der Waals surface area contributed by atoms with Crippen LogP contribution in [-0.2, 0) is 7.05 Å². The van der Waals surface area contributed by atoms with Crippen LogP contribution in [0.3, 0.4) is 0 Å². The number of hydrogen-bond donors (Lipinski definition) is 0. The maximum absolute atomic E-state index is 13.9. The van der Waals surface area contributed by atoms with E-state index in [-0.39, 0.29) is 5.82 Å². The quantitative estimate of drug-likeness (QED) is 0.843. The van der Waals surface area contributed by atoms with Crippen LogP contribution in [0.2, 0.25) is 5.02 Å². The molecule has 0 unspecified atom stereocenters. The molecule has 1 aromatic heterocycles. The van der Waals surface area contributed by atoms with Gasteiger partial charge in [0, 0.05) is 31.4 Å². The summed E-state index contributed by atoms with van der Waals surface area (Å²) in [6, 6.07) is 4.89. The Morgan fingerprint density at radius 3 is 2.65 bits per heavy atom. The van der Waals surface area contributed by atoms with E-state index < -0.39 is 0 Å². The van der Waals surface area contributed by atoms with Gasteiger partial charge in [0.2, 0.25) is 0 Å². The highest BCUT2D eigenvalue weighted by atomic mass is 35.5. The molecule has 1 aliphatic heterocycles. The van der Waals surface area contributed by atoms with Crippen LogP contribution in [0.1, 0.15) is 24.3 Å². The smallest absolute Gasteiger partial charge is 0.147 e. The largest absolute Gasteiger partial charge is 0.369 e. The van der Waals surface area contributed by atoms with Crippen molar-refractivity contribution in [1.82, 2.24) is 9.78 Å². The molecule has 3 nitrogen and oxygen atoms in total. The average molecular weight is 294 g/mol. The zero-order chi connectivity index (χ0) is 14.1. The second kappa shape index (κ2) is 5.44. The molecule has 1 aromatic carbocycles. The summed E-state index contributed by atoms with van der Waals surface area (Å²) < 4.78 is 15.8. The topological polar surface area (TPSA) is 21.1 Å². The van der Waals surface area contributed by atoms with Crippen molar-refractivity contribution in [3.63, 3.8) is 0 Å². The zero-order valence-electron chi connectivity index (χ0n) is 11.4. The molecule has 1 aliphatic rings. The molecule has 0 aliphatic carbocycles. The van der Waals surface area contributed by atoms with Crippen LogP contribution in [0, 0.1) is 5.82 Å². The molecule has 2 aromatic rings. The molecule has 5 heteroatoms. The summed E-state index contributed by atoms with van der Waals surface area (Å²) in [5.74, 6) is 0.285. The average Bonchev–Trinajstić information content (AvgIpc) is 2.86. The molecule has 1 saturated heterocycles. The third kappa shape index (κ3) is 2.66. The van der Waals surface area contributed by atoms with Crippen molar-refractivity contribution in [1.29, 1.82) is 0 Å². The number of aryl methyl sites for hydroxylation is 1. The van der Waals surface area contributed by atoms with Gasteiger partial charge in [-0.2, -0.15) is 5.10 Å². The Morgan fingerprint density at radius 1 is 1.30 bits per heavy atom. The molecule has 0 atom stereocenters. The van der Waals surface area contributed by atoms with Gasteiger partial charge in [0.15, 0.2) is 0 Å². The normalized spacial score (nSPS) is 16.6. The fourth-order valence-electron chi connectivity index (χ4n) is 2.84. The summed E-state index contributed by atoms with van der Waals surface area (Å²) in [4.78, 5) is 2.10. The zero-order valence-corrected chi connectivity index (χ0v) is 12.1. The van der Waals surface area contributed by atoms with Crippen LogP contribution < -0.4 is 4.90 Å². The minimum atomic E-state index is -0.239. The Balaban J connectivity index is 1.69. The molecule has 1 fully saturated rings. The summed E-state index contributed by atoms with van der Waals surface area (Å²) >= 11 is 5.79. The van der Waals surface area contributed by atoms with Gasteiger partial charge < -0.3 is 4.90 Å². The third-order valence-corrected chi connectivity index (χ3v) is 4.18. The van der Waals surface area contributed by atoms with Crippen LogP contribution >= 0.6 is 11.6 Å². The van der Waals surface area contributed by atoms with Gasteiger partial charge in [-0.25, -0.2) is 4.39 Å². The fourth-order valence-corrected chi connectivity index (χ4v) is 3.00. The number of hydrogen-bond acceptors (Lipinski definition) is 2. The van der Waals surface area contributed by atoms with Gasteiger partial charge in [0.05, 0.1) is 11.9 Å². The number of aromatic nitrogens is 2. The molecule has 0 radical (unpaired) electrons. The van der Waals surface area contributed by atoms with E-state index in [0.717, 1.165) is 25.9 Å². The van der Waals surface area contributed by atoms with Crippen molar-refractivity contribution < 1.29 is 4.39 Å².